The second-order valence-corrected chi connectivity index (χ2v) is 3.71. The molecule has 5 nitrogen and oxygen atoms in total. The van der Waals surface area contributed by atoms with Gasteiger partial charge in [-0.05, 0) is 24.6 Å². The van der Waals surface area contributed by atoms with Crippen LogP contribution in [0, 0.1) is 0 Å². The van der Waals surface area contributed by atoms with Crippen LogP contribution < -0.4 is 0 Å². The highest BCUT2D eigenvalue weighted by atomic mass is 16.6. The molecule has 1 atom stereocenters. The summed E-state index contributed by atoms with van der Waals surface area (Å²) >= 11 is 0. The van der Waals surface area contributed by atoms with Gasteiger partial charge >= 0.3 is 11.9 Å². The molecule has 2 heterocycles. The van der Waals surface area contributed by atoms with Crippen molar-refractivity contribution in [3.63, 3.8) is 0 Å². The number of rotatable bonds is 2. The molecule has 1 saturated heterocycles. The Morgan fingerprint density at radius 2 is 1.81 bits per heavy atom. The average Bonchev–Trinajstić information content (AvgIpc) is 2.28. The van der Waals surface area contributed by atoms with Gasteiger partial charge in [-0.25, -0.2) is 0 Å². The molecule has 0 spiro atoms. The maximum atomic E-state index is 11.1. The highest BCUT2D eigenvalue weighted by molar-refractivity contribution is 5.90. The van der Waals surface area contributed by atoms with Gasteiger partial charge in [0.05, 0.1) is 13.1 Å². The van der Waals surface area contributed by atoms with Gasteiger partial charge < -0.3 is 4.74 Å². The van der Waals surface area contributed by atoms with E-state index in [0.717, 1.165) is 5.56 Å². The van der Waals surface area contributed by atoms with Crippen LogP contribution in [0.3, 0.4) is 0 Å². The van der Waals surface area contributed by atoms with E-state index in [1.807, 2.05) is 19.1 Å². The highest BCUT2D eigenvalue weighted by Gasteiger charge is 2.28. The fraction of sp³-hybridized carbons (Fsp3) is 0.364. The first-order chi connectivity index (χ1) is 7.66. The van der Waals surface area contributed by atoms with E-state index in [9.17, 15) is 9.59 Å². The number of esters is 2. The Labute approximate surface area is 93.0 Å². The van der Waals surface area contributed by atoms with Crippen molar-refractivity contribution in [2.45, 2.75) is 13.0 Å². The predicted octanol–water partition coefficient (Wildman–Crippen LogP) is 0.528. The average molecular weight is 220 g/mol. The molecule has 0 aliphatic carbocycles. The van der Waals surface area contributed by atoms with Gasteiger partial charge in [-0.3, -0.25) is 19.5 Å². The molecular weight excluding hydrogens is 208 g/mol. The van der Waals surface area contributed by atoms with E-state index < -0.39 is 11.9 Å². The van der Waals surface area contributed by atoms with E-state index >= 15 is 0 Å². The van der Waals surface area contributed by atoms with E-state index in [-0.39, 0.29) is 19.1 Å². The number of pyridine rings is 1. The van der Waals surface area contributed by atoms with E-state index in [1.54, 1.807) is 17.3 Å². The fourth-order valence-electron chi connectivity index (χ4n) is 1.71. The Morgan fingerprint density at radius 3 is 2.38 bits per heavy atom. The van der Waals surface area contributed by atoms with Gasteiger partial charge in [0.15, 0.2) is 0 Å². The third-order valence-electron chi connectivity index (χ3n) is 2.63. The van der Waals surface area contributed by atoms with Crippen molar-refractivity contribution in [3.8, 4) is 0 Å². The van der Waals surface area contributed by atoms with E-state index in [1.165, 1.54) is 0 Å². The Balaban J connectivity index is 2.13. The number of carbonyl (C=O) groups excluding carboxylic acids is 2. The van der Waals surface area contributed by atoms with Gasteiger partial charge in [0.1, 0.15) is 0 Å². The summed E-state index contributed by atoms with van der Waals surface area (Å²) in [7, 11) is 0. The molecule has 0 aromatic carbocycles. The second kappa shape index (κ2) is 4.40. The third kappa shape index (κ3) is 2.25. The number of hydrogen-bond donors (Lipinski definition) is 0. The van der Waals surface area contributed by atoms with Crippen molar-refractivity contribution < 1.29 is 14.3 Å². The van der Waals surface area contributed by atoms with Gasteiger partial charge in [-0.1, -0.05) is 0 Å². The summed E-state index contributed by atoms with van der Waals surface area (Å²) < 4.78 is 4.47. The van der Waals surface area contributed by atoms with Gasteiger partial charge in [-0.2, -0.15) is 0 Å². The third-order valence-corrected chi connectivity index (χ3v) is 2.63. The van der Waals surface area contributed by atoms with Crippen LogP contribution in [0.4, 0.5) is 0 Å². The van der Waals surface area contributed by atoms with Crippen molar-refractivity contribution in [1.29, 1.82) is 0 Å². The second-order valence-electron chi connectivity index (χ2n) is 3.71. The molecule has 1 fully saturated rings. The van der Waals surface area contributed by atoms with E-state index in [4.69, 9.17) is 0 Å². The Kier molecular flexibility index (Phi) is 2.96. The maximum absolute atomic E-state index is 11.1. The van der Waals surface area contributed by atoms with E-state index in [0.29, 0.717) is 0 Å². The molecule has 84 valence electrons. The SMILES string of the molecule is CC(c1ccncc1)N1CC(=O)OC(=O)C1. The normalized spacial score (nSPS) is 19.3. The van der Waals surface area contributed by atoms with Crippen molar-refractivity contribution in [3.05, 3.63) is 30.1 Å². The molecule has 1 aromatic heterocycles. The van der Waals surface area contributed by atoms with Crippen molar-refractivity contribution in [2.75, 3.05) is 13.1 Å². The number of cyclic esters (lactones) is 2. The number of ether oxygens (including phenoxy) is 1. The van der Waals surface area contributed by atoms with Crippen LogP contribution in [-0.2, 0) is 14.3 Å². The Hall–Kier alpha value is -1.75. The molecule has 0 amide bonds. The molecule has 0 N–H and O–H groups in total. The molecule has 1 aromatic rings. The summed E-state index contributed by atoms with van der Waals surface area (Å²) in [6.45, 7) is 2.24. The monoisotopic (exact) mass is 220 g/mol. The summed E-state index contributed by atoms with van der Waals surface area (Å²) in [5, 5.41) is 0. The van der Waals surface area contributed by atoms with Crippen molar-refractivity contribution >= 4 is 11.9 Å². The number of morpholine rings is 1. The van der Waals surface area contributed by atoms with Crippen LogP contribution in [0.2, 0.25) is 0 Å². The quantitative estimate of drug-likeness (QED) is 0.537. The number of carbonyl (C=O) groups is 2. The first-order valence-electron chi connectivity index (χ1n) is 5.04. The lowest BCUT2D eigenvalue weighted by Crippen LogP contribution is -2.43. The standard InChI is InChI=1S/C11H12N2O3/c1-8(9-2-4-12-5-3-9)13-6-10(14)16-11(15)7-13/h2-5,8H,6-7H2,1H3. The zero-order valence-electron chi connectivity index (χ0n) is 8.92. The lowest BCUT2D eigenvalue weighted by Gasteiger charge is -2.30. The maximum Gasteiger partial charge on any atom is 0.327 e. The zero-order valence-corrected chi connectivity index (χ0v) is 8.92. The largest absolute Gasteiger partial charge is 0.391 e. The smallest absolute Gasteiger partial charge is 0.327 e. The zero-order chi connectivity index (χ0) is 11.5. The molecular formula is C11H12N2O3. The summed E-state index contributed by atoms with van der Waals surface area (Å²) in [6, 6.07) is 3.74. The lowest BCUT2D eigenvalue weighted by atomic mass is 10.1. The minimum Gasteiger partial charge on any atom is -0.391 e. The predicted molar refractivity (Wildman–Crippen MR) is 55.3 cm³/mol. The molecule has 1 unspecified atom stereocenters. The first kappa shape index (κ1) is 10.8. The van der Waals surface area contributed by atoms with Crippen LogP contribution in [-0.4, -0.2) is 34.9 Å². The van der Waals surface area contributed by atoms with Gasteiger partial charge in [0.2, 0.25) is 0 Å². The lowest BCUT2D eigenvalue weighted by molar-refractivity contribution is -0.167. The van der Waals surface area contributed by atoms with Crippen molar-refractivity contribution in [1.82, 2.24) is 9.88 Å². The number of nitrogens with zero attached hydrogens (tertiary/aromatic N) is 2. The Morgan fingerprint density at radius 1 is 1.25 bits per heavy atom. The number of hydrogen-bond acceptors (Lipinski definition) is 5. The minimum atomic E-state index is -0.489. The molecule has 2 rings (SSSR count). The van der Waals surface area contributed by atoms with Gasteiger partial charge in [0.25, 0.3) is 0 Å². The van der Waals surface area contributed by atoms with E-state index in [2.05, 4.69) is 9.72 Å². The van der Waals surface area contributed by atoms with Crippen LogP contribution in [0.15, 0.2) is 24.5 Å². The molecule has 0 radical (unpaired) electrons. The summed E-state index contributed by atoms with van der Waals surface area (Å²) in [4.78, 5) is 28.0. The summed E-state index contributed by atoms with van der Waals surface area (Å²) in [5.41, 5.74) is 1.03. The summed E-state index contributed by atoms with van der Waals surface area (Å²) in [5.74, 6) is -0.977. The molecule has 1 aliphatic rings. The molecule has 1 aliphatic heterocycles. The summed E-state index contributed by atoms with van der Waals surface area (Å²) in [6.07, 6.45) is 3.38. The van der Waals surface area contributed by atoms with Crippen LogP contribution in [0.25, 0.3) is 0 Å². The first-order valence-corrected chi connectivity index (χ1v) is 5.04. The van der Waals surface area contributed by atoms with Gasteiger partial charge in [-0.15, -0.1) is 0 Å². The minimum absolute atomic E-state index is 0.000185. The number of aromatic nitrogens is 1. The Bertz CT molecular complexity index is 389. The molecule has 5 heteroatoms. The molecule has 0 saturated carbocycles. The highest BCUT2D eigenvalue weighted by Crippen LogP contribution is 2.20. The topological polar surface area (TPSA) is 59.5 Å². The van der Waals surface area contributed by atoms with Crippen molar-refractivity contribution in [2.24, 2.45) is 0 Å². The van der Waals surface area contributed by atoms with Crippen LogP contribution in [0.1, 0.15) is 18.5 Å². The molecule has 0 bridgehead atoms. The van der Waals surface area contributed by atoms with Crippen LogP contribution in [0.5, 0.6) is 0 Å². The fourth-order valence-corrected chi connectivity index (χ4v) is 1.71. The van der Waals surface area contributed by atoms with Gasteiger partial charge in [0, 0.05) is 18.4 Å². The van der Waals surface area contributed by atoms with Crippen LogP contribution >= 0.6 is 0 Å². The molecule has 16 heavy (non-hydrogen) atoms.